The van der Waals surface area contributed by atoms with Gasteiger partial charge in [0, 0.05) is 44.0 Å². The Morgan fingerprint density at radius 2 is 1.71 bits per heavy atom. The smallest absolute Gasteiger partial charge is 0.254 e. The van der Waals surface area contributed by atoms with Crippen molar-refractivity contribution in [3.63, 3.8) is 0 Å². The van der Waals surface area contributed by atoms with Gasteiger partial charge in [0.25, 0.3) is 11.5 Å². The lowest BCUT2D eigenvalue weighted by Gasteiger charge is -2.29. The number of methoxy groups -OCH3 is 2. The van der Waals surface area contributed by atoms with Crippen LogP contribution < -0.4 is 15.0 Å². The number of fused-ring (bicyclic) bond motifs is 1. The molecular weight excluding hydrogens is 308 g/mol. The van der Waals surface area contributed by atoms with Gasteiger partial charge in [-0.15, -0.1) is 0 Å². The summed E-state index contributed by atoms with van der Waals surface area (Å²) in [5.74, 6) is 1.08. The van der Waals surface area contributed by atoms with Crippen molar-refractivity contribution in [2.75, 3.05) is 20.8 Å². The van der Waals surface area contributed by atoms with Gasteiger partial charge in [-0.25, -0.2) is 0 Å². The van der Waals surface area contributed by atoms with E-state index in [0.717, 1.165) is 11.1 Å². The number of amides is 1. The van der Waals surface area contributed by atoms with Crippen molar-refractivity contribution in [1.29, 1.82) is 0 Å². The summed E-state index contributed by atoms with van der Waals surface area (Å²) < 4.78 is 12.0. The molecule has 2 aromatic rings. The van der Waals surface area contributed by atoms with Gasteiger partial charge < -0.3 is 18.9 Å². The number of rotatable bonds is 3. The Labute approximate surface area is 140 Å². The number of nitrogens with zero attached hydrogens (tertiary/aromatic N) is 2. The Balaban J connectivity index is 1.89. The third kappa shape index (κ3) is 2.99. The second-order valence-corrected chi connectivity index (χ2v) is 5.85. The van der Waals surface area contributed by atoms with Crippen molar-refractivity contribution in [2.24, 2.45) is 7.05 Å². The Bertz CT molecular complexity index is 819. The van der Waals surface area contributed by atoms with Crippen molar-refractivity contribution >= 4 is 5.91 Å². The third-order valence-corrected chi connectivity index (χ3v) is 4.31. The lowest BCUT2D eigenvalue weighted by molar-refractivity contribution is 0.0733. The van der Waals surface area contributed by atoms with Gasteiger partial charge in [-0.3, -0.25) is 9.59 Å². The topological polar surface area (TPSA) is 60.8 Å². The molecule has 126 valence electrons. The Hall–Kier alpha value is -2.76. The van der Waals surface area contributed by atoms with E-state index in [1.807, 2.05) is 6.20 Å². The summed E-state index contributed by atoms with van der Waals surface area (Å²) in [7, 11) is 4.83. The second-order valence-electron chi connectivity index (χ2n) is 5.85. The molecule has 0 saturated heterocycles. The number of aromatic nitrogens is 1. The van der Waals surface area contributed by atoms with Gasteiger partial charge in [0.2, 0.25) is 0 Å². The monoisotopic (exact) mass is 328 g/mol. The highest BCUT2D eigenvalue weighted by molar-refractivity contribution is 5.95. The molecule has 1 amide bonds. The minimum absolute atomic E-state index is 0.0222. The summed E-state index contributed by atoms with van der Waals surface area (Å²) in [5.41, 5.74) is 2.53. The fraction of sp³-hybridized carbons (Fsp3) is 0.333. The van der Waals surface area contributed by atoms with Gasteiger partial charge in [-0.1, -0.05) is 0 Å². The first-order chi connectivity index (χ1) is 11.5. The summed E-state index contributed by atoms with van der Waals surface area (Å²) in [6, 6.07) is 6.81. The molecule has 6 nitrogen and oxygen atoms in total. The zero-order chi connectivity index (χ0) is 17.3. The molecule has 2 heterocycles. The second kappa shape index (κ2) is 6.39. The maximum atomic E-state index is 12.8. The van der Waals surface area contributed by atoms with Crippen molar-refractivity contribution in [1.82, 2.24) is 9.47 Å². The summed E-state index contributed by atoms with van der Waals surface area (Å²) in [6.07, 6.45) is 2.49. The summed E-state index contributed by atoms with van der Waals surface area (Å²) in [4.78, 5) is 26.3. The number of ether oxygens (including phenoxy) is 2. The number of carbonyl (C=O) groups is 1. The van der Waals surface area contributed by atoms with E-state index in [1.165, 1.54) is 0 Å². The van der Waals surface area contributed by atoms with Crippen molar-refractivity contribution in [3.8, 4) is 11.5 Å². The minimum atomic E-state index is -0.0771. The van der Waals surface area contributed by atoms with Crippen LogP contribution in [0, 0.1) is 0 Å². The molecule has 1 aromatic carbocycles. The molecule has 0 atom stereocenters. The van der Waals surface area contributed by atoms with Gasteiger partial charge in [0.05, 0.1) is 14.2 Å². The standard InChI is InChI=1S/C18H20N2O4/c1-19-10-14-11-20(5-4-12(14)8-17(19)21)18(22)13-6-15(23-2)9-16(7-13)24-3/h6-10H,4-5,11H2,1-3H3. The predicted molar refractivity (Wildman–Crippen MR) is 89.7 cm³/mol. The molecule has 1 aliphatic heterocycles. The molecule has 3 rings (SSSR count). The van der Waals surface area contributed by atoms with Crippen LogP contribution in [0.5, 0.6) is 11.5 Å². The number of hydrogen-bond donors (Lipinski definition) is 0. The zero-order valence-electron chi connectivity index (χ0n) is 14.0. The van der Waals surface area contributed by atoms with Crippen LogP contribution in [-0.4, -0.2) is 36.1 Å². The normalized spacial score (nSPS) is 13.4. The average Bonchev–Trinajstić information content (AvgIpc) is 2.61. The molecular formula is C18H20N2O4. The van der Waals surface area contributed by atoms with Gasteiger partial charge >= 0.3 is 0 Å². The molecule has 0 unspecified atom stereocenters. The first-order valence-corrected chi connectivity index (χ1v) is 7.72. The van der Waals surface area contributed by atoms with Crippen LogP contribution in [0.3, 0.4) is 0 Å². The van der Waals surface area contributed by atoms with Crippen molar-refractivity contribution in [2.45, 2.75) is 13.0 Å². The molecule has 0 fully saturated rings. The van der Waals surface area contributed by atoms with E-state index >= 15 is 0 Å². The Morgan fingerprint density at radius 1 is 1.04 bits per heavy atom. The molecule has 1 aliphatic rings. The fourth-order valence-electron chi connectivity index (χ4n) is 2.93. The van der Waals surface area contributed by atoms with E-state index < -0.39 is 0 Å². The van der Waals surface area contributed by atoms with Crippen LogP contribution in [0.4, 0.5) is 0 Å². The summed E-state index contributed by atoms with van der Waals surface area (Å²) in [6.45, 7) is 1.07. The number of benzene rings is 1. The zero-order valence-corrected chi connectivity index (χ0v) is 14.0. The van der Waals surface area contributed by atoms with Crippen LogP contribution in [-0.2, 0) is 20.0 Å². The average molecular weight is 328 g/mol. The van der Waals surface area contributed by atoms with Gasteiger partial charge in [0.15, 0.2) is 0 Å². The fourth-order valence-corrected chi connectivity index (χ4v) is 2.93. The van der Waals surface area contributed by atoms with Crippen LogP contribution in [0.25, 0.3) is 0 Å². The third-order valence-electron chi connectivity index (χ3n) is 4.31. The number of aryl methyl sites for hydroxylation is 1. The summed E-state index contributed by atoms with van der Waals surface area (Å²) in [5, 5.41) is 0. The largest absolute Gasteiger partial charge is 0.497 e. The van der Waals surface area contributed by atoms with Crippen LogP contribution in [0.1, 0.15) is 21.5 Å². The van der Waals surface area contributed by atoms with E-state index in [9.17, 15) is 9.59 Å². The first-order valence-electron chi connectivity index (χ1n) is 7.72. The number of hydrogen-bond acceptors (Lipinski definition) is 4. The highest BCUT2D eigenvalue weighted by Gasteiger charge is 2.23. The van der Waals surface area contributed by atoms with E-state index in [1.54, 1.807) is 55.0 Å². The first kappa shape index (κ1) is 16.1. The molecule has 1 aromatic heterocycles. The van der Waals surface area contributed by atoms with E-state index in [2.05, 4.69) is 0 Å². The van der Waals surface area contributed by atoms with Gasteiger partial charge in [0.1, 0.15) is 11.5 Å². The van der Waals surface area contributed by atoms with Gasteiger partial charge in [-0.05, 0) is 29.7 Å². The predicted octanol–water partition coefficient (Wildman–Crippen LogP) is 1.60. The van der Waals surface area contributed by atoms with Crippen LogP contribution in [0.15, 0.2) is 35.3 Å². The highest BCUT2D eigenvalue weighted by atomic mass is 16.5. The lowest BCUT2D eigenvalue weighted by Crippen LogP contribution is -2.37. The number of pyridine rings is 1. The molecule has 0 aliphatic carbocycles. The molecule has 0 N–H and O–H groups in total. The Kier molecular flexibility index (Phi) is 4.29. The minimum Gasteiger partial charge on any atom is -0.497 e. The number of carbonyl (C=O) groups excluding carboxylic acids is 1. The van der Waals surface area contributed by atoms with Crippen molar-refractivity contribution in [3.05, 3.63) is 57.5 Å². The van der Waals surface area contributed by atoms with E-state index in [0.29, 0.717) is 36.6 Å². The molecule has 0 saturated carbocycles. The SMILES string of the molecule is COc1cc(OC)cc(C(=O)N2CCc3cc(=O)n(C)cc3C2)c1. The Morgan fingerprint density at radius 3 is 2.33 bits per heavy atom. The maximum Gasteiger partial charge on any atom is 0.254 e. The van der Waals surface area contributed by atoms with Crippen LogP contribution >= 0.6 is 0 Å². The molecule has 6 heteroatoms. The lowest BCUT2D eigenvalue weighted by atomic mass is 10.0. The maximum absolute atomic E-state index is 12.8. The summed E-state index contributed by atoms with van der Waals surface area (Å²) >= 11 is 0. The quantitative estimate of drug-likeness (QED) is 0.859. The molecule has 0 spiro atoms. The molecule has 0 radical (unpaired) electrons. The highest BCUT2D eigenvalue weighted by Crippen LogP contribution is 2.25. The van der Waals surface area contributed by atoms with Crippen LogP contribution in [0.2, 0.25) is 0 Å². The van der Waals surface area contributed by atoms with E-state index in [-0.39, 0.29) is 11.5 Å². The molecule has 0 bridgehead atoms. The molecule has 24 heavy (non-hydrogen) atoms. The van der Waals surface area contributed by atoms with Crippen molar-refractivity contribution < 1.29 is 14.3 Å². The van der Waals surface area contributed by atoms with E-state index in [4.69, 9.17) is 9.47 Å². The van der Waals surface area contributed by atoms with Gasteiger partial charge in [-0.2, -0.15) is 0 Å².